The predicted molar refractivity (Wildman–Crippen MR) is 129 cm³/mol. The van der Waals surface area contributed by atoms with Crippen molar-refractivity contribution in [3.63, 3.8) is 0 Å². The summed E-state index contributed by atoms with van der Waals surface area (Å²) in [6.07, 6.45) is -0.418. The molecule has 0 fully saturated rings. The SMILES string of the molecule is COc1cc(C(=O)N[C@@H](N)COc2cccc3nc(C)c(C(=O)O)c(N)c23)ccc1OCCCO. The Balaban J connectivity index is 1.70. The normalized spacial score (nSPS) is 11.7. The Morgan fingerprint density at radius 3 is 2.60 bits per heavy atom. The van der Waals surface area contributed by atoms with Crippen molar-refractivity contribution in [2.24, 2.45) is 5.73 Å². The van der Waals surface area contributed by atoms with Crippen molar-refractivity contribution in [2.45, 2.75) is 19.5 Å². The number of pyridine rings is 1. The molecule has 7 N–H and O–H groups in total. The van der Waals surface area contributed by atoms with Gasteiger partial charge in [-0.15, -0.1) is 0 Å². The molecule has 0 spiro atoms. The minimum Gasteiger partial charge on any atom is -0.493 e. The molecule has 35 heavy (non-hydrogen) atoms. The third kappa shape index (κ3) is 5.89. The number of carbonyl (C=O) groups excluding carboxylic acids is 1. The van der Waals surface area contributed by atoms with Crippen LogP contribution in [-0.2, 0) is 0 Å². The number of benzene rings is 2. The van der Waals surface area contributed by atoms with Crippen molar-refractivity contribution in [3.8, 4) is 17.2 Å². The van der Waals surface area contributed by atoms with Gasteiger partial charge in [0.15, 0.2) is 11.5 Å². The van der Waals surface area contributed by atoms with Crippen LogP contribution in [0, 0.1) is 6.92 Å². The average Bonchev–Trinajstić information content (AvgIpc) is 2.82. The number of aryl methyl sites for hydroxylation is 1. The van der Waals surface area contributed by atoms with E-state index in [1.165, 1.54) is 13.2 Å². The third-order valence-electron chi connectivity index (χ3n) is 5.13. The fourth-order valence-electron chi connectivity index (χ4n) is 3.48. The summed E-state index contributed by atoms with van der Waals surface area (Å²) in [5.74, 6) is -0.532. The summed E-state index contributed by atoms with van der Waals surface area (Å²) in [6, 6.07) is 9.70. The zero-order valence-electron chi connectivity index (χ0n) is 19.4. The zero-order chi connectivity index (χ0) is 25.5. The number of aliphatic hydroxyl groups excluding tert-OH is 1. The summed E-state index contributed by atoms with van der Waals surface area (Å²) < 4.78 is 16.6. The van der Waals surface area contributed by atoms with Crippen molar-refractivity contribution in [2.75, 3.05) is 32.7 Å². The maximum atomic E-state index is 12.7. The summed E-state index contributed by atoms with van der Waals surface area (Å²) >= 11 is 0. The summed E-state index contributed by atoms with van der Waals surface area (Å²) in [4.78, 5) is 28.6. The first-order valence-electron chi connectivity index (χ1n) is 10.8. The second-order valence-electron chi connectivity index (χ2n) is 7.62. The third-order valence-corrected chi connectivity index (χ3v) is 5.13. The molecule has 186 valence electrons. The van der Waals surface area contributed by atoms with E-state index in [1.807, 2.05) is 0 Å². The van der Waals surface area contributed by atoms with Crippen LogP contribution in [0.25, 0.3) is 10.9 Å². The van der Waals surface area contributed by atoms with Crippen LogP contribution in [0.3, 0.4) is 0 Å². The van der Waals surface area contributed by atoms with Crippen LogP contribution in [0.4, 0.5) is 5.69 Å². The number of hydrogen-bond acceptors (Lipinski definition) is 9. The standard InChI is InChI=1S/C24H28N4O7/c1-13-20(24(31)32)22(26)21-15(27-13)5-3-6-17(21)35-12-19(25)28-23(30)14-7-8-16(18(11-14)33-2)34-10-4-9-29/h3,5-8,11,19,29H,4,9-10,12,25H2,1-2H3,(H2,26,27)(H,28,30)(H,31,32)/t19-/m1/s1. The number of nitrogens with zero attached hydrogens (tertiary/aromatic N) is 1. The maximum Gasteiger partial charge on any atom is 0.339 e. The number of nitrogens with one attached hydrogen (secondary N) is 1. The molecule has 0 unspecified atom stereocenters. The highest BCUT2D eigenvalue weighted by molar-refractivity contribution is 6.06. The first kappa shape index (κ1) is 25.5. The predicted octanol–water partition coefficient (Wildman–Crippen LogP) is 1.69. The maximum absolute atomic E-state index is 12.7. The van der Waals surface area contributed by atoms with Gasteiger partial charge >= 0.3 is 5.97 Å². The second kappa shape index (κ2) is 11.4. The highest BCUT2D eigenvalue weighted by atomic mass is 16.5. The molecule has 0 saturated carbocycles. The van der Waals surface area contributed by atoms with Gasteiger partial charge in [-0.05, 0) is 37.3 Å². The number of carboxylic acid groups (broad SMARTS) is 1. The van der Waals surface area contributed by atoms with Crippen LogP contribution >= 0.6 is 0 Å². The fourth-order valence-corrected chi connectivity index (χ4v) is 3.48. The number of methoxy groups -OCH3 is 1. The van der Waals surface area contributed by atoms with E-state index in [2.05, 4.69) is 10.3 Å². The van der Waals surface area contributed by atoms with Gasteiger partial charge < -0.3 is 41.2 Å². The Morgan fingerprint density at radius 1 is 1.14 bits per heavy atom. The molecule has 3 rings (SSSR count). The highest BCUT2D eigenvalue weighted by Crippen LogP contribution is 2.33. The van der Waals surface area contributed by atoms with Gasteiger partial charge in [0.05, 0.1) is 36.0 Å². The number of anilines is 1. The molecule has 1 heterocycles. The molecule has 0 radical (unpaired) electrons. The molecule has 2 aromatic carbocycles. The highest BCUT2D eigenvalue weighted by Gasteiger charge is 2.20. The number of aromatic carboxylic acids is 1. The van der Waals surface area contributed by atoms with E-state index in [4.69, 9.17) is 30.8 Å². The van der Waals surface area contributed by atoms with Gasteiger partial charge in [-0.3, -0.25) is 9.78 Å². The van der Waals surface area contributed by atoms with E-state index in [-0.39, 0.29) is 24.5 Å². The summed E-state index contributed by atoms with van der Waals surface area (Å²) in [5.41, 5.74) is 13.2. The lowest BCUT2D eigenvalue weighted by Gasteiger charge is -2.18. The number of nitrogen functional groups attached to an aromatic ring is 1. The summed E-state index contributed by atoms with van der Waals surface area (Å²) in [6.45, 7) is 1.77. The van der Waals surface area contributed by atoms with Crippen molar-refractivity contribution in [1.29, 1.82) is 0 Å². The number of aromatic nitrogens is 1. The Bertz CT molecular complexity index is 1230. The Hall–Kier alpha value is -4.09. The number of amides is 1. The molecule has 0 bridgehead atoms. The van der Waals surface area contributed by atoms with Crippen LogP contribution in [0.1, 0.15) is 32.8 Å². The molecule has 1 aromatic heterocycles. The lowest BCUT2D eigenvalue weighted by atomic mass is 10.1. The summed E-state index contributed by atoms with van der Waals surface area (Å²) in [5, 5.41) is 21.3. The van der Waals surface area contributed by atoms with Crippen LogP contribution in [0.5, 0.6) is 17.2 Å². The lowest BCUT2D eigenvalue weighted by Crippen LogP contribution is -2.45. The monoisotopic (exact) mass is 484 g/mol. The molecule has 0 aliphatic rings. The number of carbonyl (C=O) groups is 2. The van der Waals surface area contributed by atoms with Crippen LogP contribution < -0.4 is 31.0 Å². The zero-order valence-corrected chi connectivity index (χ0v) is 19.4. The molecule has 0 aliphatic carbocycles. The van der Waals surface area contributed by atoms with E-state index in [9.17, 15) is 14.7 Å². The first-order valence-corrected chi connectivity index (χ1v) is 10.8. The van der Waals surface area contributed by atoms with Gasteiger partial charge in [-0.2, -0.15) is 0 Å². The van der Waals surface area contributed by atoms with E-state index in [0.717, 1.165) is 0 Å². The Labute approximate surface area is 201 Å². The number of rotatable bonds is 11. The van der Waals surface area contributed by atoms with Gasteiger partial charge in [-0.1, -0.05) is 6.07 Å². The van der Waals surface area contributed by atoms with Crippen LogP contribution in [-0.4, -0.2) is 60.2 Å². The minimum atomic E-state index is -1.19. The Morgan fingerprint density at radius 2 is 1.91 bits per heavy atom. The minimum absolute atomic E-state index is 0.00497. The smallest absolute Gasteiger partial charge is 0.339 e. The Kier molecular flexibility index (Phi) is 8.29. The van der Waals surface area contributed by atoms with Gasteiger partial charge in [0.25, 0.3) is 5.91 Å². The number of fused-ring (bicyclic) bond motifs is 1. The van der Waals surface area contributed by atoms with Gasteiger partial charge in [0, 0.05) is 18.6 Å². The van der Waals surface area contributed by atoms with Crippen molar-refractivity contribution in [3.05, 3.63) is 53.2 Å². The number of hydrogen-bond donors (Lipinski definition) is 5. The second-order valence-corrected chi connectivity index (χ2v) is 7.62. The summed E-state index contributed by atoms with van der Waals surface area (Å²) in [7, 11) is 1.46. The number of carboxylic acids is 1. The molecule has 1 atom stereocenters. The number of nitrogens with two attached hydrogens (primary N) is 2. The fraction of sp³-hybridized carbons (Fsp3) is 0.292. The topological polar surface area (TPSA) is 179 Å². The van der Waals surface area contributed by atoms with E-state index >= 15 is 0 Å². The van der Waals surface area contributed by atoms with Gasteiger partial charge in [-0.25, -0.2) is 4.79 Å². The van der Waals surface area contributed by atoms with E-state index in [0.29, 0.717) is 52.4 Å². The van der Waals surface area contributed by atoms with Crippen LogP contribution in [0.2, 0.25) is 0 Å². The number of ether oxygens (including phenoxy) is 3. The molecule has 3 aromatic rings. The quantitative estimate of drug-likeness (QED) is 0.198. The molecule has 1 amide bonds. The lowest BCUT2D eigenvalue weighted by molar-refractivity contribution is 0.0696. The van der Waals surface area contributed by atoms with Crippen molar-refractivity contribution >= 4 is 28.5 Å². The van der Waals surface area contributed by atoms with Gasteiger partial charge in [0.1, 0.15) is 24.1 Å². The molecular weight excluding hydrogens is 456 g/mol. The van der Waals surface area contributed by atoms with Crippen molar-refractivity contribution < 1.29 is 34.0 Å². The molecular formula is C24H28N4O7. The van der Waals surface area contributed by atoms with Gasteiger partial charge in [0.2, 0.25) is 0 Å². The molecule has 11 heteroatoms. The van der Waals surface area contributed by atoms with E-state index in [1.54, 1.807) is 37.3 Å². The van der Waals surface area contributed by atoms with Crippen LogP contribution in [0.15, 0.2) is 36.4 Å². The average molecular weight is 485 g/mol. The number of aliphatic hydroxyl groups is 1. The molecule has 11 nitrogen and oxygen atoms in total. The molecule has 0 saturated heterocycles. The van der Waals surface area contributed by atoms with E-state index < -0.39 is 18.0 Å². The first-order chi connectivity index (χ1) is 16.8. The van der Waals surface area contributed by atoms with Crippen molar-refractivity contribution in [1.82, 2.24) is 10.3 Å². The molecule has 0 aliphatic heterocycles. The largest absolute Gasteiger partial charge is 0.493 e.